The Bertz CT molecular complexity index is 618. The molecular formula is C13H15ClFN5. The van der Waals surface area contributed by atoms with E-state index in [1.54, 1.807) is 6.07 Å². The average molecular weight is 296 g/mol. The van der Waals surface area contributed by atoms with Crippen LogP contribution in [0.15, 0.2) is 24.5 Å². The van der Waals surface area contributed by atoms with Gasteiger partial charge < -0.3 is 10.7 Å². The van der Waals surface area contributed by atoms with Crippen molar-refractivity contribution in [2.24, 2.45) is 5.84 Å². The summed E-state index contributed by atoms with van der Waals surface area (Å²) in [7, 11) is 0. The topological polar surface area (TPSA) is 75.9 Å². The van der Waals surface area contributed by atoms with Crippen molar-refractivity contribution in [2.45, 2.75) is 19.8 Å². The molecule has 0 atom stereocenters. The summed E-state index contributed by atoms with van der Waals surface area (Å²) in [6, 6.07) is 4.47. The standard InChI is InChI=1S/C13H15ClFN5/c1-7(2)11-12(17-6-18-13(11)20-16)19-8-3-4-9(14)10(15)5-8/h3-7H,16H2,1-2H3,(H2,17,18,19,20). The smallest absolute Gasteiger partial charge is 0.148 e. The Kier molecular flexibility index (Phi) is 4.36. The lowest BCUT2D eigenvalue weighted by Gasteiger charge is -2.16. The molecule has 2 aromatic rings. The summed E-state index contributed by atoms with van der Waals surface area (Å²) >= 11 is 5.66. The molecule has 0 spiro atoms. The molecule has 0 radical (unpaired) electrons. The molecular weight excluding hydrogens is 281 g/mol. The fraction of sp³-hybridized carbons (Fsp3) is 0.231. The first kappa shape index (κ1) is 14.5. The third-order valence-corrected chi connectivity index (χ3v) is 3.09. The van der Waals surface area contributed by atoms with E-state index < -0.39 is 5.82 Å². The van der Waals surface area contributed by atoms with Crippen molar-refractivity contribution < 1.29 is 4.39 Å². The third-order valence-electron chi connectivity index (χ3n) is 2.78. The number of nitrogens with zero attached hydrogens (tertiary/aromatic N) is 2. The van der Waals surface area contributed by atoms with Gasteiger partial charge in [-0.05, 0) is 24.1 Å². The molecule has 0 unspecified atom stereocenters. The molecule has 20 heavy (non-hydrogen) atoms. The van der Waals surface area contributed by atoms with Gasteiger partial charge in [-0.1, -0.05) is 25.4 Å². The molecule has 0 aliphatic rings. The molecule has 1 heterocycles. The van der Waals surface area contributed by atoms with Crippen molar-refractivity contribution in [3.63, 3.8) is 0 Å². The van der Waals surface area contributed by atoms with E-state index in [0.29, 0.717) is 17.3 Å². The molecule has 0 aliphatic heterocycles. The van der Waals surface area contributed by atoms with E-state index >= 15 is 0 Å². The fourth-order valence-corrected chi connectivity index (χ4v) is 1.99. The number of rotatable bonds is 4. The number of benzene rings is 1. The van der Waals surface area contributed by atoms with Crippen LogP contribution in [-0.2, 0) is 0 Å². The highest BCUT2D eigenvalue weighted by Crippen LogP contribution is 2.30. The van der Waals surface area contributed by atoms with Gasteiger partial charge in [-0.15, -0.1) is 0 Å². The quantitative estimate of drug-likeness (QED) is 0.595. The molecule has 0 fully saturated rings. The Hall–Kier alpha value is -1.92. The predicted molar refractivity (Wildman–Crippen MR) is 78.6 cm³/mol. The van der Waals surface area contributed by atoms with Crippen molar-refractivity contribution in [2.75, 3.05) is 10.7 Å². The number of hydrogen-bond donors (Lipinski definition) is 3. The van der Waals surface area contributed by atoms with Gasteiger partial charge in [0.1, 0.15) is 23.8 Å². The minimum absolute atomic E-state index is 0.0756. The maximum absolute atomic E-state index is 13.4. The number of nitrogen functional groups attached to an aromatic ring is 1. The first-order chi connectivity index (χ1) is 9.52. The Balaban J connectivity index is 2.40. The third kappa shape index (κ3) is 2.97. The second-order valence-electron chi connectivity index (χ2n) is 4.54. The van der Waals surface area contributed by atoms with Crippen LogP contribution in [0.3, 0.4) is 0 Å². The van der Waals surface area contributed by atoms with Crippen LogP contribution in [0.25, 0.3) is 0 Å². The Morgan fingerprint density at radius 2 is 1.95 bits per heavy atom. The van der Waals surface area contributed by atoms with Gasteiger partial charge in [0.2, 0.25) is 0 Å². The Morgan fingerprint density at radius 3 is 2.55 bits per heavy atom. The Morgan fingerprint density at radius 1 is 1.25 bits per heavy atom. The van der Waals surface area contributed by atoms with E-state index in [9.17, 15) is 4.39 Å². The summed E-state index contributed by atoms with van der Waals surface area (Å²) in [5, 5.41) is 3.13. The first-order valence-electron chi connectivity index (χ1n) is 6.06. The van der Waals surface area contributed by atoms with Gasteiger partial charge in [0.25, 0.3) is 0 Å². The van der Waals surface area contributed by atoms with Gasteiger partial charge in [0, 0.05) is 11.3 Å². The SMILES string of the molecule is CC(C)c1c(NN)ncnc1Nc1ccc(Cl)c(F)c1. The number of hydrazine groups is 1. The molecule has 106 valence electrons. The molecule has 1 aromatic carbocycles. The molecule has 0 bridgehead atoms. The van der Waals surface area contributed by atoms with Gasteiger partial charge >= 0.3 is 0 Å². The van der Waals surface area contributed by atoms with E-state index in [1.165, 1.54) is 18.5 Å². The van der Waals surface area contributed by atoms with E-state index in [1.807, 2.05) is 13.8 Å². The fourth-order valence-electron chi connectivity index (χ4n) is 1.87. The molecule has 0 aliphatic carbocycles. The predicted octanol–water partition coefficient (Wildman–Crippen LogP) is 3.42. The molecule has 4 N–H and O–H groups in total. The van der Waals surface area contributed by atoms with Crippen LogP contribution in [0.5, 0.6) is 0 Å². The second-order valence-corrected chi connectivity index (χ2v) is 4.94. The highest BCUT2D eigenvalue weighted by molar-refractivity contribution is 6.30. The highest BCUT2D eigenvalue weighted by atomic mass is 35.5. The molecule has 7 heteroatoms. The van der Waals surface area contributed by atoms with Crippen LogP contribution < -0.4 is 16.6 Å². The van der Waals surface area contributed by atoms with Crippen molar-refractivity contribution in [3.05, 3.63) is 40.9 Å². The van der Waals surface area contributed by atoms with Crippen LogP contribution in [0.1, 0.15) is 25.3 Å². The zero-order valence-electron chi connectivity index (χ0n) is 11.1. The van der Waals surface area contributed by atoms with Crippen molar-refractivity contribution in [1.82, 2.24) is 9.97 Å². The van der Waals surface area contributed by atoms with Gasteiger partial charge in [-0.2, -0.15) is 0 Å². The lowest BCUT2D eigenvalue weighted by atomic mass is 10.0. The maximum Gasteiger partial charge on any atom is 0.148 e. The molecule has 0 saturated heterocycles. The summed E-state index contributed by atoms with van der Waals surface area (Å²) in [6.07, 6.45) is 1.38. The van der Waals surface area contributed by atoms with Crippen molar-refractivity contribution in [1.29, 1.82) is 0 Å². The minimum atomic E-state index is -0.492. The van der Waals surface area contributed by atoms with Crippen LogP contribution in [0.2, 0.25) is 5.02 Å². The number of aromatic nitrogens is 2. The molecule has 1 aromatic heterocycles. The van der Waals surface area contributed by atoms with Crippen LogP contribution >= 0.6 is 11.6 Å². The molecule has 0 saturated carbocycles. The van der Waals surface area contributed by atoms with Crippen LogP contribution in [0.4, 0.5) is 21.7 Å². The lowest BCUT2D eigenvalue weighted by molar-refractivity contribution is 0.629. The number of anilines is 3. The van der Waals surface area contributed by atoms with Crippen molar-refractivity contribution in [3.8, 4) is 0 Å². The molecule has 0 amide bonds. The summed E-state index contributed by atoms with van der Waals surface area (Å²) in [5.41, 5.74) is 3.91. The second kappa shape index (κ2) is 6.02. The number of halogens is 2. The monoisotopic (exact) mass is 295 g/mol. The van der Waals surface area contributed by atoms with Gasteiger partial charge in [-0.3, -0.25) is 0 Å². The number of nitrogens with two attached hydrogens (primary N) is 1. The summed E-state index contributed by atoms with van der Waals surface area (Å²) in [6.45, 7) is 3.99. The Labute approximate surface area is 121 Å². The van der Waals surface area contributed by atoms with Gasteiger partial charge in [0.05, 0.1) is 5.02 Å². The zero-order chi connectivity index (χ0) is 14.7. The van der Waals surface area contributed by atoms with E-state index in [2.05, 4.69) is 20.7 Å². The summed E-state index contributed by atoms with van der Waals surface area (Å²) < 4.78 is 13.4. The van der Waals surface area contributed by atoms with Crippen molar-refractivity contribution >= 4 is 28.9 Å². The highest BCUT2D eigenvalue weighted by Gasteiger charge is 2.14. The van der Waals surface area contributed by atoms with E-state index in [0.717, 1.165) is 5.56 Å². The van der Waals surface area contributed by atoms with Gasteiger partial charge in [-0.25, -0.2) is 20.2 Å². The molecule has 5 nitrogen and oxygen atoms in total. The summed E-state index contributed by atoms with van der Waals surface area (Å²) in [4.78, 5) is 8.25. The van der Waals surface area contributed by atoms with Gasteiger partial charge in [0.15, 0.2) is 0 Å². The zero-order valence-corrected chi connectivity index (χ0v) is 11.9. The number of nitrogens with one attached hydrogen (secondary N) is 2. The normalized spacial score (nSPS) is 10.7. The minimum Gasteiger partial charge on any atom is -0.340 e. The van der Waals surface area contributed by atoms with Crippen LogP contribution in [-0.4, -0.2) is 9.97 Å². The van der Waals surface area contributed by atoms with Crippen LogP contribution in [0, 0.1) is 5.82 Å². The number of hydrogen-bond acceptors (Lipinski definition) is 5. The van der Waals surface area contributed by atoms with E-state index in [4.69, 9.17) is 17.4 Å². The lowest BCUT2D eigenvalue weighted by Crippen LogP contribution is -2.14. The average Bonchev–Trinajstić information content (AvgIpc) is 2.42. The maximum atomic E-state index is 13.4. The summed E-state index contributed by atoms with van der Waals surface area (Å²) in [5.74, 6) is 6.21. The first-order valence-corrected chi connectivity index (χ1v) is 6.44. The van der Waals surface area contributed by atoms with E-state index in [-0.39, 0.29) is 10.9 Å². The molecule has 2 rings (SSSR count). The largest absolute Gasteiger partial charge is 0.340 e.